The van der Waals surface area contributed by atoms with Gasteiger partial charge < -0.3 is 10.1 Å². The van der Waals surface area contributed by atoms with Crippen LogP contribution in [0.4, 0.5) is 0 Å². The van der Waals surface area contributed by atoms with Crippen LogP contribution in [0, 0.1) is 12.8 Å². The summed E-state index contributed by atoms with van der Waals surface area (Å²) in [5, 5.41) is 4.52. The van der Waals surface area contributed by atoms with Crippen molar-refractivity contribution in [3.63, 3.8) is 0 Å². The molecule has 0 atom stereocenters. The van der Waals surface area contributed by atoms with Gasteiger partial charge in [0.05, 0.1) is 9.88 Å². The average Bonchev–Trinajstić information content (AvgIpc) is 2.82. The molecule has 0 saturated heterocycles. The van der Waals surface area contributed by atoms with Crippen molar-refractivity contribution in [3.8, 4) is 5.75 Å². The normalized spacial score (nSPS) is 11.0. The molecule has 20 heavy (non-hydrogen) atoms. The summed E-state index contributed by atoms with van der Waals surface area (Å²) < 4.78 is 5.82. The maximum absolute atomic E-state index is 5.82. The molecule has 108 valence electrons. The van der Waals surface area contributed by atoms with Crippen LogP contribution in [0.25, 0.3) is 0 Å². The van der Waals surface area contributed by atoms with E-state index in [1.54, 1.807) is 11.3 Å². The molecule has 1 aromatic heterocycles. The first-order chi connectivity index (χ1) is 9.63. The lowest BCUT2D eigenvalue weighted by Gasteiger charge is -2.09. The van der Waals surface area contributed by atoms with E-state index in [0.717, 1.165) is 28.7 Å². The fourth-order valence-electron chi connectivity index (χ4n) is 1.88. The van der Waals surface area contributed by atoms with Gasteiger partial charge in [-0.15, -0.1) is 11.3 Å². The van der Waals surface area contributed by atoms with Crippen LogP contribution < -0.4 is 10.1 Å². The van der Waals surface area contributed by atoms with Crippen LogP contribution >= 0.6 is 11.3 Å². The van der Waals surface area contributed by atoms with Gasteiger partial charge in [0.1, 0.15) is 12.4 Å². The number of nitrogens with one attached hydrogen (secondary N) is 1. The number of nitrogens with zero attached hydrogens (tertiary/aromatic N) is 1. The third kappa shape index (κ3) is 4.94. The van der Waals surface area contributed by atoms with Crippen molar-refractivity contribution < 1.29 is 4.74 Å². The molecule has 0 spiro atoms. The van der Waals surface area contributed by atoms with E-state index in [0.29, 0.717) is 12.5 Å². The number of benzene rings is 1. The first-order valence-electron chi connectivity index (χ1n) is 6.97. The molecule has 0 unspecified atom stereocenters. The van der Waals surface area contributed by atoms with Crippen LogP contribution in [-0.2, 0) is 13.2 Å². The summed E-state index contributed by atoms with van der Waals surface area (Å²) in [4.78, 5) is 5.39. The molecule has 1 N–H and O–H groups in total. The van der Waals surface area contributed by atoms with Gasteiger partial charge in [0, 0.05) is 12.7 Å². The highest BCUT2D eigenvalue weighted by atomic mass is 32.1. The Bertz CT molecular complexity index is 537. The minimum atomic E-state index is 0.592. The van der Waals surface area contributed by atoms with Gasteiger partial charge in [0.15, 0.2) is 0 Å². The van der Waals surface area contributed by atoms with E-state index < -0.39 is 0 Å². The summed E-state index contributed by atoms with van der Waals surface area (Å²) in [6, 6.07) is 8.26. The SMILES string of the molecule is Cc1ncc(COc2cccc(CNCC(C)C)c2)s1. The van der Waals surface area contributed by atoms with Gasteiger partial charge >= 0.3 is 0 Å². The molecule has 1 heterocycles. The Morgan fingerprint density at radius 1 is 1.35 bits per heavy atom. The van der Waals surface area contributed by atoms with E-state index in [2.05, 4.69) is 36.3 Å². The molecule has 0 aliphatic heterocycles. The summed E-state index contributed by atoms with van der Waals surface area (Å²) in [7, 11) is 0. The van der Waals surface area contributed by atoms with Gasteiger partial charge in [0.2, 0.25) is 0 Å². The van der Waals surface area contributed by atoms with E-state index in [4.69, 9.17) is 4.74 Å². The zero-order valence-electron chi connectivity index (χ0n) is 12.3. The highest BCUT2D eigenvalue weighted by molar-refractivity contribution is 7.11. The van der Waals surface area contributed by atoms with Crippen molar-refractivity contribution in [1.29, 1.82) is 0 Å². The third-order valence-corrected chi connectivity index (χ3v) is 3.72. The molecule has 1 aromatic carbocycles. The Hall–Kier alpha value is -1.39. The van der Waals surface area contributed by atoms with Crippen molar-refractivity contribution in [1.82, 2.24) is 10.3 Å². The Morgan fingerprint density at radius 2 is 2.20 bits per heavy atom. The van der Waals surface area contributed by atoms with Crippen LogP contribution in [0.2, 0.25) is 0 Å². The number of hydrogen-bond donors (Lipinski definition) is 1. The minimum Gasteiger partial charge on any atom is -0.488 e. The highest BCUT2D eigenvalue weighted by Gasteiger charge is 2.01. The molecule has 2 rings (SSSR count). The van der Waals surface area contributed by atoms with Crippen molar-refractivity contribution in [2.24, 2.45) is 5.92 Å². The smallest absolute Gasteiger partial charge is 0.124 e. The fraction of sp³-hybridized carbons (Fsp3) is 0.438. The number of hydrogen-bond acceptors (Lipinski definition) is 4. The Kier molecular flexibility index (Phi) is 5.56. The molecular formula is C16H22N2OS. The predicted molar refractivity (Wildman–Crippen MR) is 84.2 cm³/mol. The molecule has 4 heteroatoms. The van der Waals surface area contributed by atoms with Gasteiger partial charge in [-0.3, -0.25) is 0 Å². The monoisotopic (exact) mass is 290 g/mol. The lowest BCUT2D eigenvalue weighted by molar-refractivity contribution is 0.309. The first kappa shape index (κ1) is 15.0. The van der Waals surface area contributed by atoms with Crippen LogP contribution in [0.15, 0.2) is 30.5 Å². The second-order valence-corrected chi connectivity index (χ2v) is 6.63. The summed E-state index contributed by atoms with van der Waals surface area (Å²) in [6.07, 6.45) is 1.88. The minimum absolute atomic E-state index is 0.592. The number of aryl methyl sites for hydroxylation is 1. The Balaban J connectivity index is 1.85. The molecular weight excluding hydrogens is 268 g/mol. The fourth-order valence-corrected chi connectivity index (χ4v) is 2.59. The van der Waals surface area contributed by atoms with Crippen LogP contribution in [0.3, 0.4) is 0 Å². The van der Waals surface area contributed by atoms with Crippen molar-refractivity contribution >= 4 is 11.3 Å². The molecule has 0 bridgehead atoms. The van der Waals surface area contributed by atoms with Gasteiger partial charge in [-0.25, -0.2) is 4.98 Å². The number of rotatable bonds is 7. The van der Waals surface area contributed by atoms with E-state index in [1.807, 2.05) is 25.3 Å². The van der Waals surface area contributed by atoms with Crippen LogP contribution in [0.1, 0.15) is 29.3 Å². The molecule has 3 nitrogen and oxygen atoms in total. The average molecular weight is 290 g/mol. The molecule has 2 aromatic rings. The highest BCUT2D eigenvalue weighted by Crippen LogP contribution is 2.18. The first-order valence-corrected chi connectivity index (χ1v) is 7.79. The second kappa shape index (κ2) is 7.41. The third-order valence-electron chi connectivity index (χ3n) is 2.83. The van der Waals surface area contributed by atoms with E-state index >= 15 is 0 Å². The predicted octanol–water partition coefficient (Wildman–Crippen LogP) is 3.78. The topological polar surface area (TPSA) is 34.1 Å². The molecule has 0 aliphatic rings. The summed E-state index contributed by atoms with van der Waals surface area (Å²) in [6.45, 7) is 8.94. The maximum atomic E-state index is 5.82. The largest absolute Gasteiger partial charge is 0.488 e. The second-order valence-electron chi connectivity index (χ2n) is 5.31. The van der Waals surface area contributed by atoms with Gasteiger partial charge in [0.25, 0.3) is 0 Å². The zero-order chi connectivity index (χ0) is 14.4. The lowest BCUT2D eigenvalue weighted by Crippen LogP contribution is -2.18. The van der Waals surface area contributed by atoms with E-state index in [1.165, 1.54) is 5.56 Å². The summed E-state index contributed by atoms with van der Waals surface area (Å²) in [5.41, 5.74) is 1.25. The summed E-state index contributed by atoms with van der Waals surface area (Å²) >= 11 is 1.68. The van der Waals surface area contributed by atoms with Crippen LogP contribution in [0.5, 0.6) is 5.75 Å². The van der Waals surface area contributed by atoms with Crippen molar-refractivity contribution in [3.05, 3.63) is 45.9 Å². The molecule has 0 saturated carbocycles. The van der Waals surface area contributed by atoms with Gasteiger partial charge in [-0.05, 0) is 37.1 Å². The number of thiazole rings is 1. The maximum Gasteiger partial charge on any atom is 0.124 e. The van der Waals surface area contributed by atoms with E-state index in [-0.39, 0.29) is 0 Å². The van der Waals surface area contributed by atoms with Crippen molar-refractivity contribution in [2.75, 3.05) is 6.54 Å². The molecule has 0 radical (unpaired) electrons. The molecule has 0 fully saturated rings. The van der Waals surface area contributed by atoms with Crippen LogP contribution in [-0.4, -0.2) is 11.5 Å². The zero-order valence-corrected chi connectivity index (χ0v) is 13.2. The molecule has 0 aliphatic carbocycles. The number of aromatic nitrogens is 1. The Labute approximate surface area is 125 Å². The molecule has 0 amide bonds. The standard InChI is InChI=1S/C16H22N2OS/c1-12(2)8-17-9-14-5-4-6-15(7-14)19-11-16-10-18-13(3)20-16/h4-7,10,12,17H,8-9,11H2,1-3H3. The van der Waals surface area contributed by atoms with Crippen molar-refractivity contribution in [2.45, 2.75) is 33.9 Å². The number of ether oxygens (including phenoxy) is 1. The van der Waals surface area contributed by atoms with Gasteiger partial charge in [-0.1, -0.05) is 26.0 Å². The van der Waals surface area contributed by atoms with Gasteiger partial charge in [-0.2, -0.15) is 0 Å². The lowest BCUT2D eigenvalue weighted by atomic mass is 10.2. The quantitative estimate of drug-likeness (QED) is 0.842. The summed E-state index contributed by atoms with van der Waals surface area (Å²) in [5.74, 6) is 1.59. The van der Waals surface area contributed by atoms with E-state index in [9.17, 15) is 0 Å². The Morgan fingerprint density at radius 3 is 2.90 bits per heavy atom.